The molecule has 1 aromatic heterocycles. The van der Waals surface area contributed by atoms with E-state index < -0.39 is 17.5 Å². The predicted octanol–water partition coefficient (Wildman–Crippen LogP) is 0.479. The lowest BCUT2D eigenvalue weighted by Gasteiger charge is -2.17. The number of nitrogens with one attached hydrogen (secondary N) is 1. The van der Waals surface area contributed by atoms with Gasteiger partial charge in [-0.1, -0.05) is 20.8 Å². The van der Waals surface area contributed by atoms with Crippen molar-refractivity contribution in [2.75, 3.05) is 6.61 Å². The largest absolute Gasteiger partial charge is 0.394 e. The van der Waals surface area contributed by atoms with Crippen molar-refractivity contribution in [3.8, 4) is 0 Å². The maximum absolute atomic E-state index is 11.5. The first-order chi connectivity index (χ1) is 8.61. The summed E-state index contributed by atoms with van der Waals surface area (Å²) in [4.78, 5) is 24.6. The minimum Gasteiger partial charge on any atom is -0.394 e. The molecule has 0 amide bonds. The first-order valence-electron chi connectivity index (χ1n) is 6.19. The van der Waals surface area contributed by atoms with E-state index in [1.54, 1.807) is 0 Å². The molecule has 1 aromatic rings. The molecule has 2 rings (SSSR count). The first kappa shape index (κ1) is 14.7. The lowest BCUT2D eigenvalue weighted by atomic mass is 10.1. The molecule has 2 N–H and O–H groups in total. The Kier molecular flexibility index (Phi) is 5.30. The number of aliphatic hydroxyl groups is 1. The molecule has 1 aliphatic heterocycles. The fourth-order valence-electron chi connectivity index (χ4n) is 2.00. The zero-order valence-corrected chi connectivity index (χ0v) is 10.9. The summed E-state index contributed by atoms with van der Waals surface area (Å²) in [5, 5.41) is 8.99. The molecule has 0 spiro atoms. The molecule has 1 aliphatic rings. The zero-order chi connectivity index (χ0) is 13.7. The Balaban J connectivity index is 0.000000771. The number of hydrogen-bond acceptors (Lipinski definition) is 4. The highest BCUT2D eigenvalue weighted by molar-refractivity contribution is 4.87. The number of H-pyrrole nitrogens is 1. The third-order valence-corrected chi connectivity index (χ3v) is 2.78. The maximum Gasteiger partial charge on any atom is 0.330 e. The van der Waals surface area contributed by atoms with Crippen molar-refractivity contribution >= 4 is 0 Å². The number of aromatic nitrogens is 2. The van der Waals surface area contributed by atoms with E-state index in [-0.39, 0.29) is 18.6 Å². The van der Waals surface area contributed by atoms with E-state index in [4.69, 9.17) is 9.84 Å². The number of rotatable bonds is 2. The van der Waals surface area contributed by atoms with Gasteiger partial charge in [0.1, 0.15) is 6.23 Å². The van der Waals surface area contributed by atoms with Gasteiger partial charge in [-0.05, 0) is 6.42 Å². The summed E-state index contributed by atoms with van der Waals surface area (Å²) in [5.41, 5.74) is -0.909. The van der Waals surface area contributed by atoms with Crippen LogP contribution in [0.25, 0.3) is 0 Å². The molecule has 1 fully saturated rings. The molecule has 0 aromatic carbocycles. The van der Waals surface area contributed by atoms with Gasteiger partial charge < -0.3 is 9.84 Å². The van der Waals surface area contributed by atoms with Crippen LogP contribution in [0.4, 0.5) is 0 Å². The van der Waals surface area contributed by atoms with E-state index in [0.29, 0.717) is 6.42 Å². The number of ether oxygens (including phenoxy) is 1. The number of hydrogen-bond donors (Lipinski definition) is 2. The molecule has 0 bridgehead atoms. The quantitative estimate of drug-likeness (QED) is 0.806. The third kappa shape index (κ3) is 3.08. The second-order valence-electron chi connectivity index (χ2n) is 4.06. The molecule has 2 heterocycles. The molecular weight excluding hydrogens is 236 g/mol. The molecule has 1 saturated heterocycles. The lowest BCUT2D eigenvalue weighted by molar-refractivity contribution is -0.0336. The van der Waals surface area contributed by atoms with Gasteiger partial charge in [-0.25, -0.2) is 4.79 Å². The van der Waals surface area contributed by atoms with Gasteiger partial charge >= 0.3 is 5.69 Å². The SMILES string of the molecule is CC.CC1CC(CO)OC1n1ccc(=O)[nH]c1=O. The third-order valence-electron chi connectivity index (χ3n) is 2.78. The summed E-state index contributed by atoms with van der Waals surface area (Å²) < 4.78 is 6.87. The van der Waals surface area contributed by atoms with Gasteiger partial charge in [-0.3, -0.25) is 14.3 Å². The Morgan fingerprint density at radius 1 is 1.50 bits per heavy atom. The monoisotopic (exact) mass is 256 g/mol. The molecule has 18 heavy (non-hydrogen) atoms. The molecule has 3 unspecified atom stereocenters. The van der Waals surface area contributed by atoms with Gasteiger partial charge in [0.15, 0.2) is 0 Å². The van der Waals surface area contributed by atoms with Crippen molar-refractivity contribution in [1.29, 1.82) is 0 Å². The van der Waals surface area contributed by atoms with Crippen molar-refractivity contribution in [1.82, 2.24) is 9.55 Å². The minimum absolute atomic E-state index is 0.0566. The van der Waals surface area contributed by atoms with E-state index in [9.17, 15) is 9.59 Å². The zero-order valence-electron chi connectivity index (χ0n) is 10.9. The van der Waals surface area contributed by atoms with Crippen LogP contribution >= 0.6 is 0 Å². The van der Waals surface area contributed by atoms with Crippen LogP contribution in [0.15, 0.2) is 21.9 Å². The second kappa shape index (κ2) is 6.51. The molecule has 0 saturated carbocycles. The minimum atomic E-state index is -0.483. The van der Waals surface area contributed by atoms with E-state index in [1.165, 1.54) is 16.8 Å². The van der Waals surface area contributed by atoms with Crippen LogP contribution in [0.5, 0.6) is 0 Å². The van der Waals surface area contributed by atoms with Crippen LogP contribution in [0.1, 0.15) is 33.4 Å². The molecular formula is C12H20N2O4. The topological polar surface area (TPSA) is 84.3 Å². The number of nitrogens with zero attached hydrogens (tertiary/aromatic N) is 1. The van der Waals surface area contributed by atoms with Crippen LogP contribution < -0.4 is 11.2 Å². The van der Waals surface area contributed by atoms with Crippen molar-refractivity contribution in [3.63, 3.8) is 0 Å². The highest BCUT2D eigenvalue weighted by Gasteiger charge is 2.33. The molecule has 3 atom stereocenters. The van der Waals surface area contributed by atoms with E-state index >= 15 is 0 Å². The molecule has 6 heteroatoms. The van der Waals surface area contributed by atoms with Crippen molar-refractivity contribution in [3.05, 3.63) is 33.1 Å². The maximum atomic E-state index is 11.5. The Morgan fingerprint density at radius 3 is 2.67 bits per heavy atom. The fraction of sp³-hybridized carbons (Fsp3) is 0.667. The Labute approximate surface area is 105 Å². The molecule has 0 radical (unpaired) electrons. The van der Waals surface area contributed by atoms with Gasteiger partial charge in [0.05, 0.1) is 12.7 Å². The first-order valence-corrected chi connectivity index (χ1v) is 6.19. The highest BCUT2D eigenvalue weighted by atomic mass is 16.5. The van der Waals surface area contributed by atoms with E-state index in [1.807, 2.05) is 20.8 Å². The molecule has 102 valence electrons. The Morgan fingerprint density at radius 2 is 2.17 bits per heavy atom. The standard InChI is InChI=1S/C10H14N2O4.C2H6/c1-6-4-7(5-13)16-9(6)12-3-2-8(14)11-10(12)15;1-2/h2-3,6-7,9,13H,4-5H2,1H3,(H,11,14,15);1-2H3. The van der Waals surface area contributed by atoms with Gasteiger partial charge in [-0.15, -0.1) is 0 Å². The van der Waals surface area contributed by atoms with E-state index in [0.717, 1.165) is 0 Å². The van der Waals surface area contributed by atoms with Crippen molar-refractivity contribution < 1.29 is 9.84 Å². The summed E-state index contributed by atoms with van der Waals surface area (Å²) in [6, 6.07) is 1.28. The summed E-state index contributed by atoms with van der Waals surface area (Å²) in [7, 11) is 0. The van der Waals surface area contributed by atoms with Gasteiger partial charge in [-0.2, -0.15) is 0 Å². The van der Waals surface area contributed by atoms with Crippen molar-refractivity contribution in [2.45, 2.75) is 39.5 Å². The smallest absolute Gasteiger partial charge is 0.330 e. The van der Waals surface area contributed by atoms with Gasteiger partial charge in [0, 0.05) is 18.2 Å². The van der Waals surface area contributed by atoms with Gasteiger partial charge in [0.2, 0.25) is 0 Å². The van der Waals surface area contributed by atoms with Crippen LogP contribution in [0, 0.1) is 5.92 Å². The molecule has 6 nitrogen and oxygen atoms in total. The summed E-state index contributed by atoms with van der Waals surface area (Å²) in [6.07, 6.45) is 1.47. The number of aliphatic hydroxyl groups excluding tert-OH is 1. The van der Waals surface area contributed by atoms with Crippen LogP contribution in [0.2, 0.25) is 0 Å². The van der Waals surface area contributed by atoms with Crippen LogP contribution in [-0.2, 0) is 4.74 Å². The summed E-state index contributed by atoms with van der Waals surface area (Å²) in [5.74, 6) is 0.126. The van der Waals surface area contributed by atoms with Crippen molar-refractivity contribution in [2.24, 2.45) is 5.92 Å². The second-order valence-corrected chi connectivity index (χ2v) is 4.06. The Hall–Kier alpha value is -1.40. The van der Waals surface area contributed by atoms with E-state index in [2.05, 4.69) is 4.98 Å². The van der Waals surface area contributed by atoms with Crippen LogP contribution in [-0.4, -0.2) is 27.4 Å². The predicted molar refractivity (Wildman–Crippen MR) is 67.4 cm³/mol. The Bertz CT molecular complexity index is 479. The normalized spacial score (nSPS) is 26.6. The summed E-state index contributed by atoms with van der Waals surface area (Å²) >= 11 is 0. The average molecular weight is 256 g/mol. The highest BCUT2D eigenvalue weighted by Crippen LogP contribution is 2.32. The summed E-state index contributed by atoms with van der Waals surface area (Å²) in [6.45, 7) is 5.89. The fourth-order valence-corrected chi connectivity index (χ4v) is 2.00. The van der Waals surface area contributed by atoms with Gasteiger partial charge in [0.25, 0.3) is 5.56 Å². The van der Waals surface area contributed by atoms with Crippen LogP contribution in [0.3, 0.4) is 0 Å². The average Bonchev–Trinajstić information content (AvgIpc) is 2.73. The number of aromatic amines is 1. The molecule has 0 aliphatic carbocycles. The lowest BCUT2D eigenvalue weighted by Crippen LogP contribution is -2.33.